The molecule has 27 heavy (non-hydrogen) atoms. The lowest BCUT2D eigenvalue weighted by Gasteiger charge is -2.39. The summed E-state index contributed by atoms with van der Waals surface area (Å²) in [6, 6.07) is 4.25. The molecule has 3 aromatic rings. The van der Waals surface area contributed by atoms with Gasteiger partial charge in [0.1, 0.15) is 17.2 Å². The molecule has 0 bridgehead atoms. The Balaban J connectivity index is 1.49. The molecule has 0 spiro atoms. The van der Waals surface area contributed by atoms with E-state index in [0.717, 1.165) is 11.0 Å². The van der Waals surface area contributed by atoms with Crippen molar-refractivity contribution in [1.82, 2.24) is 29.8 Å². The number of nitrogens with zero attached hydrogens (tertiary/aromatic N) is 6. The Hall–Kier alpha value is -3.23. The van der Waals surface area contributed by atoms with Crippen LogP contribution >= 0.6 is 0 Å². The van der Waals surface area contributed by atoms with Gasteiger partial charge >= 0.3 is 0 Å². The molecule has 0 radical (unpaired) electrons. The average Bonchev–Trinajstić information content (AvgIpc) is 3.01. The van der Waals surface area contributed by atoms with Crippen molar-refractivity contribution in [3.8, 4) is 0 Å². The van der Waals surface area contributed by atoms with E-state index in [2.05, 4.69) is 49.0 Å². The summed E-state index contributed by atoms with van der Waals surface area (Å²) >= 11 is 0. The first-order valence-corrected chi connectivity index (χ1v) is 8.94. The Kier molecular flexibility index (Phi) is 4.35. The Morgan fingerprint density at radius 1 is 1.22 bits per heavy atom. The van der Waals surface area contributed by atoms with E-state index in [1.807, 2.05) is 17.3 Å². The molecule has 0 saturated carbocycles. The number of rotatable bonds is 5. The molecular weight excluding hydrogens is 344 g/mol. The van der Waals surface area contributed by atoms with Crippen LogP contribution in [0.2, 0.25) is 0 Å². The topological polar surface area (TPSA) is 101 Å². The molecule has 140 valence electrons. The number of imidazole rings is 1. The van der Waals surface area contributed by atoms with Crippen molar-refractivity contribution < 1.29 is 4.79 Å². The molecule has 3 aromatic heterocycles. The number of hydrogen-bond donors (Lipinski definition) is 2. The molecule has 1 amide bonds. The minimum Gasteiger partial charge on any atom is -0.350 e. The number of carbonyl (C=O) groups is 1. The zero-order chi connectivity index (χ0) is 19.0. The molecule has 0 unspecified atom stereocenters. The van der Waals surface area contributed by atoms with Crippen molar-refractivity contribution in [2.45, 2.75) is 32.9 Å². The molecule has 4 heterocycles. The van der Waals surface area contributed by atoms with E-state index < -0.39 is 0 Å². The van der Waals surface area contributed by atoms with Gasteiger partial charge < -0.3 is 20.1 Å². The highest BCUT2D eigenvalue weighted by molar-refractivity contribution is 5.78. The minimum atomic E-state index is -0.0157. The molecule has 4 rings (SSSR count). The first kappa shape index (κ1) is 17.2. The van der Waals surface area contributed by atoms with Gasteiger partial charge in [-0.1, -0.05) is 0 Å². The highest BCUT2D eigenvalue weighted by atomic mass is 16.1. The number of pyridine rings is 1. The number of hydrogen-bond acceptors (Lipinski definition) is 7. The Morgan fingerprint density at radius 2 is 2.04 bits per heavy atom. The van der Waals surface area contributed by atoms with Gasteiger partial charge in [0.25, 0.3) is 0 Å². The third-order valence-corrected chi connectivity index (χ3v) is 4.49. The summed E-state index contributed by atoms with van der Waals surface area (Å²) in [4.78, 5) is 30.8. The second-order valence-corrected chi connectivity index (χ2v) is 6.97. The van der Waals surface area contributed by atoms with Gasteiger partial charge in [-0.15, -0.1) is 0 Å². The molecule has 1 fully saturated rings. The Morgan fingerprint density at radius 3 is 2.78 bits per heavy atom. The Bertz CT molecular complexity index is 976. The van der Waals surface area contributed by atoms with Crippen molar-refractivity contribution in [2.75, 3.05) is 23.3 Å². The predicted molar refractivity (Wildman–Crippen MR) is 103 cm³/mol. The number of aromatic nitrogens is 5. The number of anilines is 3. The second kappa shape index (κ2) is 6.82. The minimum absolute atomic E-state index is 0.0157. The van der Waals surface area contributed by atoms with Gasteiger partial charge in [0.05, 0.1) is 24.1 Å². The standard InChI is InChI=1S/C18H22N8O/c1-11(2)26-10-21-14-7-20-17(6-15(14)26)23-16-4-5-19-18(24-16)25-8-13(9-25)22-12(3)27/h4-7,10-11,13H,8-9H2,1-3H3,(H,22,27)(H,19,20,23,24). The maximum atomic E-state index is 11.1. The maximum Gasteiger partial charge on any atom is 0.227 e. The molecule has 9 nitrogen and oxygen atoms in total. The summed E-state index contributed by atoms with van der Waals surface area (Å²) in [6.07, 6.45) is 5.30. The average molecular weight is 366 g/mol. The lowest BCUT2D eigenvalue weighted by molar-refractivity contribution is -0.119. The van der Waals surface area contributed by atoms with Gasteiger partial charge in [0, 0.05) is 38.3 Å². The summed E-state index contributed by atoms with van der Waals surface area (Å²) in [6.45, 7) is 7.18. The van der Waals surface area contributed by atoms with E-state index in [4.69, 9.17) is 0 Å². The van der Waals surface area contributed by atoms with Gasteiger partial charge in [0.2, 0.25) is 11.9 Å². The summed E-state index contributed by atoms with van der Waals surface area (Å²) in [5.41, 5.74) is 1.89. The monoisotopic (exact) mass is 366 g/mol. The van der Waals surface area contributed by atoms with Gasteiger partial charge in [-0.05, 0) is 19.9 Å². The molecular formula is C18H22N8O. The molecule has 0 atom stereocenters. The lowest BCUT2D eigenvalue weighted by atomic mass is 10.1. The molecule has 9 heteroatoms. The SMILES string of the molecule is CC(=O)NC1CN(c2nccc(Nc3cc4c(cn3)ncn4C(C)C)n2)C1. The van der Waals surface area contributed by atoms with Crippen LogP contribution in [0, 0.1) is 0 Å². The van der Waals surface area contributed by atoms with Crippen LogP contribution in [-0.4, -0.2) is 49.5 Å². The van der Waals surface area contributed by atoms with Crippen LogP contribution < -0.4 is 15.5 Å². The second-order valence-electron chi connectivity index (χ2n) is 6.97. The quantitative estimate of drug-likeness (QED) is 0.711. The third-order valence-electron chi connectivity index (χ3n) is 4.49. The smallest absolute Gasteiger partial charge is 0.227 e. The fraction of sp³-hybridized carbons (Fsp3) is 0.389. The van der Waals surface area contributed by atoms with Crippen LogP contribution in [0.1, 0.15) is 26.8 Å². The van der Waals surface area contributed by atoms with Crippen molar-refractivity contribution in [2.24, 2.45) is 0 Å². The first-order chi connectivity index (χ1) is 13.0. The van der Waals surface area contributed by atoms with Gasteiger partial charge in [0.15, 0.2) is 0 Å². The lowest BCUT2D eigenvalue weighted by Crippen LogP contribution is -2.59. The summed E-state index contributed by atoms with van der Waals surface area (Å²) in [5.74, 6) is 1.99. The predicted octanol–water partition coefficient (Wildman–Crippen LogP) is 1.87. The van der Waals surface area contributed by atoms with E-state index in [-0.39, 0.29) is 11.9 Å². The fourth-order valence-electron chi connectivity index (χ4n) is 3.13. The molecule has 0 aliphatic carbocycles. The van der Waals surface area contributed by atoms with E-state index in [1.165, 1.54) is 6.92 Å². The zero-order valence-electron chi connectivity index (χ0n) is 15.5. The number of fused-ring (bicyclic) bond motifs is 1. The van der Waals surface area contributed by atoms with Crippen molar-refractivity contribution in [3.63, 3.8) is 0 Å². The van der Waals surface area contributed by atoms with Gasteiger partial charge in [-0.3, -0.25) is 4.79 Å². The molecule has 1 saturated heterocycles. The van der Waals surface area contributed by atoms with Gasteiger partial charge in [-0.2, -0.15) is 4.98 Å². The van der Waals surface area contributed by atoms with Crippen LogP contribution in [0.4, 0.5) is 17.6 Å². The van der Waals surface area contributed by atoms with Crippen molar-refractivity contribution in [3.05, 3.63) is 30.9 Å². The highest BCUT2D eigenvalue weighted by Gasteiger charge is 2.29. The van der Waals surface area contributed by atoms with E-state index >= 15 is 0 Å². The van der Waals surface area contributed by atoms with Crippen LogP contribution in [-0.2, 0) is 4.79 Å². The molecule has 2 N–H and O–H groups in total. The highest BCUT2D eigenvalue weighted by Crippen LogP contribution is 2.23. The normalized spacial score (nSPS) is 14.4. The van der Waals surface area contributed by atoms with Crippen molar-refractivity contribution in [1.29, 1.82) is 0 Å². The van der Waals surface area contributed by atoms with Crippen LogP contribution in [0.3, 0.4) is 0 Å². The number of amides is 1. The number of nitrogens with one attached hydrogen (secondary N) is 2. The third kappa shape index (κ3) is 3.53. The van der Waals surface area contributed by atoms with Crippen molar-refractivity contribution >= 4 is 34.5 Å². The molecule has 1 aliphatic rings. The summed E-state index contributed by atoms with van der Waals surface area (Å²) < 4.78 is 2.11. The molecule has 1 aliphatic heterocycles. The van der Waals surface area contributed by atoms with E-state index in [1.54, 1.807) is 18.5 Å². The molecule has 0 aromatic carbocycles. The summed E-state index contributed by atoms with van der Waals surface area (Å²) in [5, 5.41) is 6.13. The Labute approximate surface area is 156 Å². The fourth-order valence-corrected chi connectivity index (χ4v) is 3.13. The maximum absolute atomic E-state index is 11.1. The summed E-state index contributed by atoms with van der Waals surface area (Å²) in [7, 11) is 0. The van der Waals surface area contributed by atoms with Crippen LogP contribution in [0.5, 0.6) is 0 Å². The van der Waals surface area contributed by atoms with Crippen LogP contribution in [0.15, 0.2) is 30.9 Å². The van der Waals surface area contributed by atoms with Gasteiger partial charge in [-0.25, -0.2) is 15.0 Å². The zero-order valence-corrected chi connectivity index (χ0v) is 15.5. The first-order valence-electron chi connectivity index (χ1n) is 8.94. The largest absolute Gasteiger partial charge is 0.350 e. The van der Waals surface area contributed by atoms with E-state index in [9.17, 15) is 4.79 Å². The van der Waals surface area contributed by atoms with E-state index in [0.29, 0.717) is 36.7 Å². The number of carbonyl (C=O) groups excluding carboxylic acids is 1. The van der Waals surface area contributed by atoms with Crippen LogP contribution in [0.25, 0.3) is 11.0 Å².